The van der Waals surface area contributed by atoms with E-state index in [1.165, 1.54) is 21.8 Å². The van der Waals surface area contributed by atoms with Crippen molar-refractivity contribution >= 4 is 38.7 Å². The molecule has 4 heterocycles. The fourth-order valence-electron chi connectivity index (χ4n) is 8.71. The zero-order valence-electron chi connectivity index (χ0n) is 32.9. The largest absolute Gasteiger partial charge is 0.309 e. The zero-order chi connectivity index (χ0) is 39.8. The van der Waals surface area contributed by atoms with E-state index in [-0.39, 0.29) is 5.92 Å². The molecule has 2 aliphatic rings. The highest BCUT2D eigenvalue weighted by atomic mass is 15.1. The standard InChI is InChI=1S/C55H39N5/c1-2-10-22-44(23-11-3-1)60-54(41-31-29-38(30-32-41)43-36-49(39-17-6-4-7-18-39)57-50(37-43)40-19-8-5-9-20-40)58-53-46(33-34-56-55(53)60)42-21-16-24-45(35-42)59-51-27-14-12-25-47(51)48-26-13-15-28-52(48)59/h4-10,12-19,21-37,40H,2,11,20H2/b22-10-,44-23+. The molecule has 0 spiro atoms. The number of allylic oxidation sites excluding steroid dienone is 8. The molecule has 0 bridgehead atoms. The van der Waals surface area contributed by atoms with Crippen LogP contribution in [0, 0.1) is 11.8 Å². The third-order valence-corrected chi connectivity index (χ3v) is 11.6. The lowest BCUT2D eigenvalue weighted by molar-refractivity contribution is 0.818. The average Bonchev–Trinajstić information content (AvgIpc) is 3.86. The summed E-state index contributed by atoms with van der Waals surface area (Å²) < 4.78 is 4.57. The number of hydrogen-bond donors (Lipinski definition) is 0. The molecular formula is C55H39N5. The monoisotopic (exact) mass is 769 g/mol. The van der Waals surface area contributed by atoms with Crippen LogP contribution in [-0.4, -0.2) is 24.1 Å². The fraction of sp³-hybridized carbons (Fsp3) is 0.0727. The van der Waals surface area contributed by atoms with Crippen LogP contribution in [0.15, 0.2) is 194 Å². The first-order chi connectivity index (χ1) is 29.8. The Bertz CT molecular complexity index is 3240. The molecule has 0 N–H and O–H groups in total. The maximum absolute atomic E-state index is 5.47. The second kappa shape index (κ2) is 15.2. The predicted octanol–water partition coefficient (Wildman–Crippen LogP) is 13.4. The van der Waals surface area contributed by atoms with Gasteiger partial charge < -0.3 is 4.57 Å². The van der Waals surface area contributed by atoms with Crippen LogP contribution in [0.3, 0.4) is 0 Å². The summed E-state index contributed by atoms with van der Waals surface area (Å²) in [6, 6.07) is 51.9. The van der Waals surface area contributed by atoms with Crippen LogP contribution in [0.1, 0.15) is 30.9 Å². The van der Waals surface area contributed by atoms with Crippen LogP contribution < -0.4 is 0 Å². The minimum absolute atomic E-state index is 0.232. The number of aromatic nitrogens is 5. The van der Waals surface area contributed by atoms with E-state index in [1.54, 1.807) is 0 Å². The third kappa shape index (κ3) is 6.36. The maximum Gasteiger partial charge on any atom is 0.165 e. The van der Waals surface area contributed by atoms with Crippen molar-refractivity contribution in [3.8, 4) is 62.4 Å². The van der Waals surface area contributed by atoms with Crippen LogP contribution in [0.25, 0.3) is 89.3 Å². The normalized spacial score (nSPS) is 16.3. The topological polar surface area (TPSA) is 48.5 Å². The van der Waals surface area contributed by atoms with Crippen LogP contribution in [0.2, 0.25) is 0 Å². The van der Waals surface area contributed by atoms with Gasteiger partial charge in [-0.3, -0.25) is 9.55 Å². The molecule has 0 saturated carbocycles. The van der Waals surface area contributed by atoms with Gasteiger partial charge in [-0.25, -0.2) is 9.97 Å². The van der Waals surface area contributed by atoms with E-state index in [1.807, 2.05) is 12.3 Å². The Morgan fingerprint density at radius 3 is 2.12 bits per heavy atom. The smallest absolute Gasteiger partial charge is 0.165 e. The van der Waals surface area contributed by atoms with E-state index < -0.39 is 0 Å². The molecule has 0 amide bonds. The van der Waals surface area contributed by atoms with Gasteiger partial charge in [0.1, 0.15) is 11.3 Å². The van der Waals surface area contributed by atoms with Crippen molar-refractivity contribution in [2.75, 3.05) is 0 Å². The van der Waals surface area contributed by atoms with E-state index in [0.29, 0.717) is 12.8 Å². The number of benzene rings is 5. The van der Waals surface area contributed by atoms with Gasteiger partial charge in [0.05, 0.1) is 16.7 Å². The van der Waals surface area contributed by atoms with Crippen molar-refractivity contribution in [3.05, 3.63) is 200 Å². The average molecular weight is 770 g/mol. The maximum atomic E-state index is 5.47. The van der Waals surface area contributed by atoms with Crippen molar-refractivity contribution in [1.29, 1.82) is 0 Å². The van der Waals surface area contributed by atoms with Crippen LogP contribution in [0.5, 0.6) is 0 Å². The van der Waals surface area contributed by atoms with E-state index in [2.05, 4.69) is 203 Å². The lowest BCUT2D eigenvalue weighted by Crippen LogP contribution is -2.02. The molecule has 9 aromatic rings. The van der Waals surface area contributed by atoms with Crippen LogP contribution >= 0.6 is 0 Å². The molecule has 2 aliphatic carbocycles. The van der Waals surface area contributed by atoms with Gasteiger partial charge in [0, 0.05) is 69.5 Å². The number of fused-ring (bicyclic) bond motifs is 4. The number of nitrogens with zero attached hydrogens (tertiary/aromatic N) is 5. The van der Waals surface area contributed by atoms with Crippen LogP contribution in [0.4, 0.5) is 0 Å². The molecule has 1 atom stereocenters. The van der Waals surface area contributed by atoms with Crippen molar-refractivity contribution in [3.63, 3.8) is 0 Å². The molecule has 4 aromatic heterocycles. The Morgan fingerprint density at radius 2 is 1.32 bits per heavy atom. The lowest BCUT2D eigenvalue weighted by Gasteiger charge is -2.16. The highest BCUT2D eigenvalue weighted by Crippen LogP contribution is 2.38. The zero-order valence-corrected chi connectivity index (χ0v) is 32.9. The number of imidazole rings is 1. The quantitative estimate of drug-likeness (QED) is 0.152. The molecule has 11 rings (SSSR count). The molecule has 1 unspecified atom stereocenters. The third-order valence-electron chi connectivity index (χ3n) is 11.6. The van der Waals surface area contributed by atoms with Gasteiger partial charge >= 0.3 is 0 Å². The Balaban J connectivity index is 1.04. The Morgan fingerprint density at radius 1 is 0.567 bits per heavy atom. The summed E-state index contributed by atoms with van der Waals surface area (Å²) in [5, 5.41) is 2.48. The molecule has 5 heteroatoms. The summed E-state index contributed by atoms with van der Waals surface area (Å²) in [6.07, 6.45) is 19.4. The molecule has 5 aromatic carbocycles. The van der Waals surface area contributed by atoms with Gasteiger partial charge in [-0.1, -0.05) is 145 Å². The SMILES string of the molecule is C1#CC/C=C(n2c(-c3ccc(-c4cc(-c5ccccc5)nc(C5C=CC=CC5)c4)cc3)nc3c(-c4cccc(-n5c6ccccc6c6ccccc65)c4)ccnc32)\C=C/C1. The summed E-state index contributed by atoms with van der Waals surface area (Å²) in [5.74, 6) is 7.59. The van der Waals surface area contributed by atoms with Gasteiger partial charge in [-0.2, -0.15) is 0 Å². The summed E-state index contributed by atoms with van der Waals surface area (Å²) >= 11 is 0. The van der Waals surface area contributed by atoms with Gasteiger partial charge in [0.25, 0.3) is 0 Å². The summed E-state index contributed by atoms with van der Waals surface area (Å²) in [7, 11) is 0. The molecule has 0 saturated heterocycles. The highest BCUT2D eigenvalue weighted by molar-refractivity contribution is 6.09. The minimum atomic E-state index is 0.232. The number of pyridine rings is 2. The van der Waals surface area contributed by atoms with E-state index in [4.69, 9.17) is 15.0 Å². The van der Waals surface area contributed by atoms with E-state index >= 15 is 0 Å². The summed E-state index contributed by atoms with van der Waals surface area (Å²) in [4.78, 5) is 15.7. The molecule has 0 fully saturated rings. The van der Waals surface area contributed by atoms with Gasteiger partial charge in [0.15, 0.2) is 5.65 Å². The van der Waals surface area contributed by atoms with Gasteiger partial charge in [-0.05, 0) is 77.7 Å². The minimum Gasteiger partial charge on any atom is -0.309 e. The predicted molar refractivity (Wildman–Crippen MR) is 247 cm³/mol. The lowest BCUT2D eigenvalue weighted by atomic mass is 9.93. The second-order valence-electron chi connectivity index (χ2n) is 15.3. The molecule has 5 nitrogen and oxygen atoms in total. The first-order valence-corrected chi connectivity index (χ1v) is 20.6. The molecule has 0 aliphatic heterocycles. The Kier molecular flexibility index (Phi) is 8.94. The number of rotatable bonds is 7. The van der Waals surface area contributed by atoms with E-state index in [9.17, 15) is 0 Å². The van der Waals surface area contributed by atoms with Gasteiger partial charge in [-0.15, -0.1) is 0 Å². The van der Waals surface area contributed by atoms with Gasteiger partial charge in [0.2, 0.25) is 0 Å². The van der Waals surface area contributed by atoms with Crippen molar-refractivity contribution in [1.82, 2.24) is 24.1 Å². The Hall–Kier alpha value is -7.81. The molecule has 60 heavy (non-hydrogen) atoms. The molecular weight excluding hydrogens is 731 g/mol. The Labute approximate surface area is 349 Å². The van der Waals surface area contributed by atoms with Crippen molar-refractivity contribution in [2.24, 2.45) is 0 Å². The van der Waals surface area contributed by atoms with Crippen molar-refractivity contribution in [2.45, 2.75) is 25.2 Å². The molecule has 0 radical (unpaired) electrons. The number of para-hydroxylation sites is 2. The summed E-state index contributed by atoms with van der Waals surface area (Å²) in [5.41, 5.74) is 14.6. The highest BCUT2D eigenvalue weighted by Gasteiger charge is 2.21. The first kappa shape index (κ1) is 35.4. The number of hydrogen-bond acceptors (Lipinski definition) is 3. The molecule has 284 valence electrons. The fourth-order valence-corrected chi connectivity index (χ4v) is 8.71. The van der Waals surface area contributed by atoms with Crippen LogP contribution in [-0.2, 0) is 0 Å². The van der Waals surface area contributed by atoms with E-state index in [0.717, 1.165) is 79.6 Å². The summed E-state index contributed by atoms with van der Waals surface area (Å²) in [6.45, 7) is 0. The first-order valence-electron chi connectivity index (χ1n) is 20.6. The van der Waals surface area contributed by atoms with Crippen molar-refractivity contribution < 1.29 is 0 Å². The second-order valence-corrected chi connectivity index (χ2v) is 15.3.